The summed E-state index contributed by atoms with van der Waals surface area (Å²) in [5, 5.41) is 40.2. The topological polar surface area (TPSA) is 187 Å². The number of nitrogens with one attached hydrogen (secondary N) is 1. The zero-order valence-electron chi connectivity index (χ0n) is 35.5. The molecule has 4 N–H and O–H groups in total. The highest BCUT2D eigenvalue weighted by Crippen LogP contribution is 2.66. The van der Waals surface area contributed by atoms with E-state index in [0.29, 0.717) is 18.3 Å². The molecule has 1 saturated heterocycles. The number of rotatable bonds is 11. The molecule has 6 rings (SSSR count). The molecule has 319 valence electrons. The molecule has 2 aromatic carbocycles. The van der Waals surface area contributed by atoms with E-state index in [1.165, 1.54) is 0 Å². The van der Waals surface area contributed by atoms with Crippen molar-refractivity contribution in [1.29, 1.82) is 0 Å². The molecule has 1 heterocycles. The first-order chi connectivity index (χ1) is 27.6. The standard InChI is InChI=1S/C45H59BNO12/c1-10-21-46-59-30-22-29-43(8,24-55-29)35-37(57-38(51)27-19-15-12-16-20-27)45(54)23-28(25(2)31(42(45,6)7)33(48)36(50)44(30,35)9)56-39(52)34(49)32(26-17-13-11-14-18-26)47-40(53)58-41(3,4)5/h11-20,28-30,32-35,37,48-49,54H,10,21-24H2,1-9H3,(H,47,53)/t28-,29+,30?,32-,33+,34+,35+,37-,43+,44+,45+/m0/s1. The SMILES string of the molecule is CCC[B]OC1C[C@H]2OC[C@@]2(C)[C@H]2[C@H](OC(=O)c3ccccc3)[C@]3(O)C[C@H](OC(=O)[C@H](O)[C@@H](NC(=O)OC(C)(C)C)c4ccccc4)C(C)=C([C@@H](O)C(=O)[C@]12C)C3(C)C. The molecule has 2 saturated carbocycles. The van der Waals surface area contributed by atoms with E-state index >= 15 is 4.79 Å². The predicted octanol–water partition coefficient (Wildman–Crippen LogP) is 5.44. The van der Waals surface area contributed by atoms with Gasteiger partial charge in [0.25, 0.3) is 7.48 Å². The molecule has 1 radical (unpaired) electrons. The maximum absolute atomic E-state index is 15.3. The lowest BCUT2D eigenvalue weighted by atomic mass is 9.42. The first-order valence-corrected chi connectivity index (χ1v) is 20.6. The molecule has 1 unspecified atom stereocenters. The van der Waals surface area contributed by atoms with Crippen molar-refractivity contribution in [2.75, 3.05) is 6.61 Å². The average Bonchev–Trinajstić information content (AvgIpc) is 3.17. The number of ketones is 1. The normalized spacial score (nSPS) is 33.4. The second-order valence-electron chi connectivity index (χ2n) is 18.6. The second kappa shape index (κ2) is 16.4. The van der Waals surface area contributed by atoms with Crippen LogP contribution in [0.25, 0.3) is 0 Å². The van der Waals surface area contributed by atoms with Crippen LogP contribution in [0.3, 0.4) is 0 Å². The van der Waals surface area contributed by atoms with Gasteiger partial charge in [0.2, 0.25) is 0 Å². The third-order valence-electron chi connectivity index (χ3n) is 13.3. The zero-order chi connectivity index (χ0) is 43.3. The number of carbonyl (C=O) groups is 4. The summed E-state index contributed by atoms with van der Waals surface area (Å²) >= 11 is 0. The lowest BCUT2D eigenvalue weighted by molar-refractivity contribution is -0.311. The summed E-state index contributed by atoms with van der Waals surface area (Å²) in [6.07, 6.45) is -7.33. The minimum atomic E-state index is -2.11. The zero-order valence-corrected chi connectivity index (χ0v) is 35.5. The van der Waals surface area contributed by atoms with Crippen LogP contribution in [0.2, 0.25) is 6.32 Å². The number of aliphatic hydroxyl groups excluding tert-OH is 2. The highest BCUT2D eigenvalue weighted by atomic mass is 16.6. The van der Waals surface area contributed by atoms with Crippen LogP contribution in [-0.2, 0) is 33.2 Å². The van der Waals surface area contributed by atoms with Gasteiger partial charge in [-0.05, 0) is 69.9 Å². The minimum Gasteiger partial charge on any atom is -0.456 e. The smallest absolute Gasteiger partial charge is 0.408 e. The molecule has 3 aliphatic carbocycles. The molecule has 1 amide bonds. The minimum absolute atomic E-state index is 0.101. The summed E-state index contributed by atoms with van der Waals surface area (Å²) in [6.45, 7) is 15.8. The Labute approximate surface area is 347 Å². The maximum atomic E-state index is 15.3. The Morgan fingerprint density at radius 1 is 1.00 bits per heavy atom. The molecule has 3 fully saturated rings. The quantitative estimate of drug-likeness (QED) is 0.0742. The number of Topliss-reactive ketones (excluding diaryl/α,β-unsaturated/α-hetero) is 1. The first kappa shape index (κ1) is 44.5. The molecule has 0 aromatic heterocycles. The Morgan fingerprint density at radius 2 is 1.63 bits per heavy atom. The second-order valence-corrected chi connectivity index (χ2v) is 18.6. The maximum Gasteiger partial charge on any atom is 0.408 e. The Bertz CT molecular complexity index is 1930. The molecule has 4 aliphatic rings. The van der Waals surface area contributed by atoms with Crippen LogP contribution in [-0.4, -0.2) is 101 Å². The van der Waals surface area contributed by atoms with E-state index < -0.39 is 99.8 Å². The molecule has 14 heteroatoms. The largest absolute Gasteiger partial charge is 0.456 e. The Kier molecular flexibility index (Phi) is 12.4. The first-order valence-electron chi connectivity index (χ1n) is 20.6. The predicted molar refractivity (Wildman–Crippen MR) is 217 cm³/mol. The van der Waals surface area contributed by atoms with Gasteiger partial charge in [-0.2, -0.15) is 0 Å². The number of amides is 1. The van der Waals surface area contributed by atoms with E-state index in [2.05, 4.69) is 5.32 Å². The van der Waals surface area contributed by atoms with Crippen LogP contribution in [0, 0.1) is 22.2 Å². The van der Waals surface area contributed by atoms with Gasteiger partial charge in [0.05, 0.1) is 35.8 Å². The molecule has 2 bridgehead atoms. The summed E-state index contributed by atoms with van der Waals surface area (Å²) in [7, 11) is 1.66. The van der Waals surface area contributed by atoms with Crippen molar-refractivity contribution >= 4 is 31.3 Å². The van der Waals surface area contributed by atoms with Gasteiger partial charge in [-0.1, -0.05) is 89.0 Å². The lowest BCUT2D eigenvalue weighted by Crippen LogP contribution is -2.78. The summed E-state index contributed by atoms with van der Waals surface area (Å²) in [5.41, 5.74) is -5.82. The fraction of sp³-hybridized carbons (Fsp3) is 0.600. The third-order valence-corrected chi connectivity index (χ3v) is 13.3. The lowest BCUT2D eigenvalue weighted by Gasteiger charge is -2.68. The Balaban J connectivity index is 1.47. The van der Waals surface area contributed by atoms with Crippen molar-refractivity contribution in [3.05, 3.63) is 82.9 Å². The van der Waals surface area contributed by atoms with Crippen LogP contribution in [0.4, 0.5) is 4.79 Å². The number of ether oxygens (including phenoxy) is 4. The van der Waals surface area contributed by atoms with E-state index in [1.807, 2.05) is 13.8 Å². The van der Waals surface area contributed by atoms with Gasteiger partial charge in [-0.25, -0.2) is 14.4 Å². The van der Waals surface area contributed by atoms with Crippen LogP contribution in [0.1, 0.15) is 104 Å². The van der Waals surface area contributed by atoms with Crippen LogP contribution in [0.5, 0.6) is 0 Å². The number of aliphatic hydroxyl groups is 3. The molecule has 1 aliphatic heterocycles. The fourth-order valence-electron chi connectivity index (χ4n) is 10.0. The monoisotopic (exact) mass is 816 g/mol. The van der Waals surface area contributed by atoms with Crippen molar-refractivity contribution in [3.8, 4) is 0 Å². The molecular weight excluding hydrogens is 757 g/mol. The van der Waals surface area contributed by atoms with Crippen molar-refractivity contribution in [2.24, 2.45) is 22.2 Å². The van der Waals surface area contributed by atoms with Crippen LogP contribution in [0.15, 0.2) is 71.8 Å². The van der Waals surface area contributed by atoms with Crippen LogP contribution >= 0.6 is 0 Å². The van der Waals surface area contributed by atoms with Gasteiger partial charge in [-0.3, -0.25) is 4.79 Å². The van der Waals surface area contributed by atoms with E-state index in [0.717, 1.165) is 6.42 Å². The van der Waals surface area contributed by atoms with Gasteiger partial charge in [0, 0.05) is 23.2 Å². The Morgan fingerprint density at radius 3 is 2.20 bits per heavy atom. The molecule has 0 spiro atoms. The summed E-state index contributed by atoms with van der Waals surface area (Å²) in [4.78, 5) is 56.7. The number of alkyl carbamates (subject to hydrolysis) is 1. The van der Waals surface area contributed by atoms with Gasteiger partial charge in [0.15, 0.2) is 11.9 Å². The summed E-state index contributed by atoms with van der Waals surface area (Å²) in [5.74, 6) is -3.46. The highest BCUT2D eigenvalue weighted by molar-refractivity contribution is 6.27. The van der Waals surface area contributed by atoms with E-state index in [4.69, 9.17) is 23.6 Å². The highest BCUT2D eigenvalue weighted by Gasteiger charge is 2.75. The number of hydrogen-bond donors (Lipinski definition) is 4. The molecule has 2 aromatic rings. The van der Waals surface area contributed by atoms with Gasteiger partial charge >= 0.3 is 18.0 Å². The number of fused-ring (bicyclic) bond motifs is 5. The summed E-state index contributed by atoms with van der Waals surface area (Å²) < 4.78 is 30.6. The number of esters is 2. The molecular formula is C45H59BNO12. The Hall–Kier alpha value is -4.08. The fourth-order valence-corrected chi connectivity index (χ4v) is 10.0. The van der Waals surface area contributed by atoms with Gasteiger partial charge in [-0.15, -0.1) is 0 Å². The molecule has 13 nitrogen and oxygen atoms in total. The molecule has 11 atom stereocenters. The van der Waals surface area contributed by atoms with Crippen LogP contribution < -0.4 is 5.32 Å². The van der Waals surface area contributed by atoms with Crippen molar-refractivity contribution in [3.63, 3.8) is 0 Å². The summed E-state index contributed by atoms with van der Waals surface area (Å²) in [6, 6.07) is 15.4. The van der Waals surface area contributed by atoms with Crippen molar-refractivity contribution < 1.29 is 58.1 Å². The van der Waals surface area contributed by atoms with Gasteiger partial charge < -0.3 is 44.2 Å². The molecule has 59 heavy (non-hydrogen) atoms. The van der Waals surface area contributed by atoms with Crippen molar-refractivity contribution in [2.45, 2.75) is 142 Å². The number of carbonyl (C=O) groups excluding carboxylic acids is 4. The van der Waals surface area contributed by atoms with E-state index in [1.54, 1.807) is 117 Å². The number of benzene rings is 2. The average molecular weight is 817 g/mol. The van der Waals surface area contributed by atoms with E-state index in [9.17, 15) is 29.7 Å². The van der Waals surface area contributed by atoms with Gasteiger partial charge in [0.1, 0.15) is 29.5 Å². The third kappa shape index (κ3) is 7.87. The van der Waals surface area contributed by atoms with Crippen molar-refractivity contribution in [1.82, 2.24) is 5.32 Å². The number of hydrogen-bond acceptors (Lipinski definition) is 12. The van der Waals surface area contributed by atoms with E-state index in [-0.39, 0.29) is 29.7 Å².